The van der Waals surface area contributed by atoms with Crippen LogP contribution in [0.25, 0.3) is 33.2 Å². The zero-order valence-electron chi connectivity index (χ0n) is 21.3. The van der Waals surface area contributed by atoms with Gasteiger partial charge in [-0.25, -0.2) is 15.0 Å². The van der Waals surface area contributed by atoms with Gasteiger partial charge in [0.15, 0.2) is 11.2 Å². The maximum Gasteiger partial charge on any atom is 0.280 e. The average Bonchev–Trinajstić information content (AvgIpc) is 3.51. The Labute approximate surface area is 200 Å². The average molecular weight is 481 g/mol. The summed E-state index contributed by atoms with van der Waals surface area (Å²) in [6, 6.07) is 3.24. The predicted octanol–water partition coefficient (Wildman–Crippen LogP) is 0.224. The minimum Gasteiger partial charge on any atom is -0.394 e. The SMILES string of the molecule is [2H]C([2H])([2H])n1c(Nc2nc3c(=O)[nH]c(N)nc3n2[C@H]2C[C@H](O)[C@@H](CO)O2)nc2c3nc(C)cnc3ccc21. The normalized spacial score (nSPS) is 22.0. The molecule has 4 aromatic heterocycles. The van der Waals surface area contributed by atoms with Crippen molar-refractivity contribution in [1.82, 2.24) is 39.0 Å². The van der Waals surface area contributed by atoms with Gasteiger partial charge in [0.25, 0.3) is 5.56 Å². The monoisotopic (exact) mass is 481 g/mol. The van der Waals surface area contributed by atoms with Gasteiger partial charge in [-0.1, -0.05) is 0 Å². The molecule has 0 radical (unpaired) electrons. The number of benzene rings is 1. The van der Waals surface area contributed by atoms with E-state index < -0.39 is 37.6 Å². The highest BCUT2D eigenvalue weighted by Gasteiger charge is 2.37. The lowest BCUT2D eigenvalue weighted by atomic mass is 10.2. The number of nitrogens with zero attached hydrogens (tertiary/aromatic N) is 7. The van der Waals surface area contributed by atoms with E-state index in [9.17, 15) is 15.0 Å². The molecule has 6 N–H and O–H groups in total. The van der Waals surface area contributed by atoms with Crippen LogP contribution in [0.15, 0.2) is 23.1 Å². The molecule has 14 heteroatoms. The lowest BCUT2D eigenvalue weighted by Gasteiger charge is -2.17. The third-order valence-corrected chi connectivity index (χ3v) is 5.92. The van der Waals surface area contributed by atoms with Crippen LogP contribution in [0.2, 0.25) is 0 Å². The lowest BCUT2D eigenvalue weighted by molar-refractivity contribution is -0.0425. The van der Waals surface area contributed by atoms with Crippen molar-refractivity contribution in [2.24, 2.45) is 6.98 Å². The summed E-state index contributed by atoms with van der Waals surface area (Å²) in [5.41, 5.74) is 7.22. The highest BCUT2D eigenvalue weighted by Crippen LogP contribution is 2.35. The Morgan fingerprint density at radius 3 is 2.86 bits per heavy atom. The summed E-state index contributed by atoms with van der Waals surface area (Å²) in [6.07, 6.45) is -1.17. The number of aryl methyl sites for hydroxylation is 2. The van der Waals surface area contributed by atoms with Crippen LogP contribution in [0.5, 0.6) is 0 Å². The van der Waals surface area contributed by atoms with E-state index in [1.165, 1.54) is 4.57 Å². The van der Waals surface area contributed by atoms with Gasteiger partial charge in [0.05, 0.1) is 29.4 Å². The highest BCUT2D eigenvalue weighted by atomic mass is 16.5. The van der Waals surface area contributed by atoms with Gasteiger partial charge < -0.3 is 25.3 Å². The number of rotatable bonds is 4. The topological polar surface area (TPSA) is 195 Å². The molecule has 0 spiro atoms. The Morgan fingerprint density at radius 2 is 2.09 bits per heavy atom. The third kappa shape index (κ3) is 3.30. The molecule has 14 nitrogen and oxygen atoms in total. The van der Waals surface area contributed by atoms with Gasteiger partial charge in [0.2, 0.25) is 17.8 Å². The second-order valence-electron chi connectivity index (χ2n) is 8.25. The molecule has 5 heterocycles. The number of fused-ring (bicyclic) bond motifs is 4. The fourth-order valence-corrected chi connectivity index (χ4v) is 4.28. The first kappa shape index (κ1) is 18.2. The molecule has 0 unspecified atom stereocenters. The summed E-state index contributed by atoms with van der Waals surface area (Å²) in [6.45, 7) is -1.34. The van der Waals surface area contributed by atoms with Crippen LogP contribution in [0.4, 0.5) is 17.8 Å². The summed E-state index contributed by atoms with van der Waals surface area (Å²) >= 11 is 0. The first-order chi connectivity index (χ1) is 18.0. The molecule has 6 rings (SSSR count). The largest absolute Gasteiger partial charge is 0.394 e. The summed E-state index contributed by atoms with van der Waals surface area (Å²) < 4.78 is 32.7. The third-order valence-electron chi connectivity index (χ3n) is 5.92. The van der Waals surface area contributed by atoms with Gasteiger partial charge in [-0.3, -0.25) is 24.6 Å². The Kier molecular flexibility index (Phi) is 4.00. The standard InChI is InChI=1S/C21H22N10O4/c1-8-6-23-9-3-4-10-15(14(9)24-8)25-20(30(10)2)29-21-26-16-17(27-19(22)28-18(16)34)31(21)13-5-11(33)12(7-32)35-13/h3-4,6,11-13,32-33H,5,7H2,1-2H3,(H,25,26,29)(H3,22,27,28,34)/t11-,12+,13+/m0/s1/i2D3. The van der Waals surface area contributed by atoms with E-state index in [4.69, 9.17) is 14.6 Å². The fourth-order valence-electron chi connectivity index (χ4n) is 4.28. The molecule has 35 heavy (non-hydrogen) atoms. The smallest absolute Gasteiger partial charge is 0.280 e. The quantitative estimate of drug-likeness (QED) is 0.236. The molecular formula is C21H22N10O4. The summed E-state index contributed by atoms with van der Waals surface area (Å²) in [7, 11) is 0. The van der Waals surface area contributed by atoms with Crippen LogP contribution in [0.1, 0.15) is 22.5 Å². The van der Waals surface area contributed by atoms with E-state index in [1.54, 1.807) is 25.3 Å². The zero-order valence-corrected chi connectivity index (χ0v) is 18.3. The van der Waals surface area contributed by atoms with Crippen molar-refractivity contribution < 1.29 is 19.1 Å². The number of aliphatic hydroxyl groups excluding tert-OH is 2. The maximum atomic E-state index is 12.6. The molecule has 0 amide bonds. The van der Waals surface area contributed by atoms with E-state index in [0.29, 0.717) is 22.2 Å². The maximum absolute atomic E-state index is 12.6. The molecule has 0 saturated carbocycles. The van der Waals surface area contributed by atoms with E-state index in [0.717, 1.165) is 4.57 Å². The number of hydrogen-bond donors (Lipinski definition) is 5. The van der Waals surface area contributed by atoms with Gasteiger partial charge in [-0.2, -0.15) is 4.98 Å². The second-order valence-corrected chi connectivity index (χ2v) is 8.25. The van der Waals surface area contributed by atoms with Crippen LogP contribution in [-0.4, -0.2) is 68.1 Å². The van der Waals surface area contributed by atoms with Crippen LogP contribution < -0.4 is 16.6 Å². The van der Waals surface area contributed by atoms with Gasteiger partial charge in [-0.15, -0.1) is 0 Å². The van der Waals surface area contributed by atoms with Crippen LogP contribution in [-0.2, 0) is 11.7 Å². The molecule has 0 bridgehead atoms. The number of ether oxygens (including phenoxy) is 1. The highest BCUT2D eigenvalue weighted by molar-refractivity contribution is 6.01. The van der Waals surface area contributed by atoms with Crippen molar-refractivity contribution >= 4 is 51.1 Å². The molecule has 0 aliphatic carbocycles. The number of H-pyrrole nitrogens is 1. The molecule has 1 saturated heterocycles. The first-order valence-electron chi connectivity index (χ1n) is 12.2. The zero-order chi connectivity index (χ0) is 26.9. The van der Waals surface area contributed by atoms with Crippen molar-refractivity contribution in [3.63, 3.8) is 0 Å². The van der Waals surface area contributed by atoms with Crippen molar-refractivity contribution in [1.29, 1.82) is 0 Å². The fraction of sp³-hybridized carbons (Fsp3) is 0.333. The van der Waals surface area contributed by atoms with Crippen LogP contribution >= 0.6 is 0 Å². The van der Waals surface area contributed by atoms with E-state index in [1.807, 2.05) is 0 Å². The van der Waals surface area contributed by atoms with Crippen molar-refractivity contribution in [3.8, 4) is 0 Å². The van der Waals surface area contributed by atoms with E-state index in [-0.39, 0.29) is 40.9 Å². The lowest BCUT2D eigenvalue weighted by Crippen LogP contribution is -2.24. The number of anilines is 3. The van der Waals surface area contributed by atoms with Crippen molar-refractivity contribution in [3.05, 3.63) is 34.4 Å². The molecule has 1 fully saturated rings. The molecule has 1 aliphatic heterocycles. The number of aliphatic hydroxyl groups is 2. The van der Waals surface area contributed by atoms with E-state index >= 15 is 0 Å². The number of aromatic nitrogens is 8. The molecule has 1 aliphatic rings. The van der Waals surface area contributed by atoms with Crippen LogP contribution in [0, 0.1) is 6.92 Å². The molecule has 1 aromatic carbocycles. The molecule has 3 atom stereocenters. The number of nitrogen functional groups attached to an aromatic ring is 1. The molecule has 180 valence electrons. The Hall–Kier alpha value is -4.14. The van der Waals surface area contributed by atoms with Gasteiger partial charge in [0, 0.05) is 23.7 Å². The second kappa shape index (κ2) is 7.69. The number of nitrogens with two attached hydrogens (primary N) is 1. The minimum atomic E-state index is -2.67. The predicted molar refractivity (Wildman–Crippen MR) is 126 cm³/mol. The molecular weight excluding hydrogens is 456 g/mol. The van der Waals surface area contributed by atoms with Crippen molar-refractivity contribution in [2.75, 3.05) is 17.7 Å². The van der Waals surface area contributed by atoms with Gasteiger partial charge in [0.1, 0.15) is 23.4 Å². The summed E-state index contributed by atoms with van der Waals surface area (Å²) in [4.78, 5) is 36.9. The Balaban J connectivity index is 1.58. The Morgan fingerprint density at radius 1 is 1.26 bits per heavy atom. The number of nitrogens with one attached hydrogen (secondary N) is 2. The Bertz CT molecular complexity index is 1780. The minimum absolute atomic E-state index is 0.0352. The summed E-state index contributed by atoms with van der Waals surface area (Å²) in [5.74, 6) is -0.330. The van der Waals surface area contributed by atoms with Gasteiger partial charge in [-0.05, 0) is 19.1 Å². The van der Waals surface area contributed by atoms with Gasteiger partial charge >= 0.3 is 0 Å². The molecule has 5 aromatic rings. The number of hydrogen-bond acceptors (Lipinski definition) is 11. The van der Waals surface area contributed by atoms with Crippen molar-refractivity contribution in [2.45, 2.75) is 31.8 Å². The first-order valence-corrected chi connectivity index (χ1v) is 10.7. The summed E-state index contributed by atoms with van der Waals surface area (Å²) in [5, 5.41) is 22.8. The van der Waals surface area contributed by atoms with E-state index in [2.05, 4.69) is 35.2 Å². The number of imidazole rings is 2. The number of aromatic amines is 1. The van der Waals surface area contributed by atoms with Crippen LogP contribution in [0.3, 0.4) is 0 Å².